The molecule has 1 aliphatic rings. The second-order valence-electron chi connectivity index (χ2n) is 9.85. The smallest absolute Gasteiger partial charge is 0.341 e. The van der Waals surface area contributed by atoms with Crippen molar-refractivity contribution in [1.82, 2.24) is 0 Å². The van der Waals surface area contributed by atoms with E-state index in [4.69, 9.17) is 4.74 Å². The summed E-state index contributed by atoms with van der Waals surface area (Å²) < 4.78 is 19.5. The highest BCUT2D eigenvalue weighted by Gasteiger charge is 2.29. The number of thioether (sulfide) groups is 1. The van der Waals surface area contributed by atoms with Gasteiger partial charge in [0.1, 0.15) is 16.1 Å². The first-order valence-electron chi connectivity index (χ1n) is 13.9. The molecule has 0 bridgehead atoms. The molecule has 42 heavy (non-hydrogen) atoms. The van der Waals surface area contributed by atoms with Crippen molar-refractivity contribution in [3.63, 3.8) is 0 Å². The molecule has 216 valence electrons. The highest BCUT2D eigenvalue weighted by atomic mass is 32.2. The van der Waals surface area contributed by atoms with Crippen LogP contribution in [0.25, 0.3) is 0 Å². The van der Waals surface area contributed by atoms with E-state index in [-0.39, 0.29) is 18.1 Å². The number of carbonyl (C=O) groups is 3. The fourth-order valence-electron chi connectivity index (χ4n) is 4.96. The second-order valence-corrected chi connectivity index (χ2v) is 12.1. The van der Waals surface area contributed by atoms with Crippen molar-refractivity contribution < 1.29 is 23.5 Å². The van der Waals surface area contributed by atoms with Gasteiger partial charge in [0.25, 0.3) is 5.91 Å². The predicted octanol–water partition coefficient (Wildman–Crippen LogP) is 8.06. The molecule has 0 spiro atoms. The Hall–Kier alpha value is -3.95. The molecule has 3 aromatic carbocycles. The Morgan fingerprint density at radius 3 is 2.48 bits per heavy atom. The first-order chi connectivity index (χ1) is 20.4. The lowest BCUT2D eigenvalue weighted by Gasteiger charge is -2.18. The standard InChI is InChI=1S/C33H31FN2O4S2/c1-2-40-33(39)28-25-17-7-4-8-19-27(25)42-32(28)36-31(38)29(21-12-5-3-6-13-21)41-23-15-11-14-22(20-23)35-30(37)24-16-9-10-18-26(24)34/h3,5-6,9-16,18,20,29H,2,4,7-8,17,19H2,1H3,(H,35,37)(H,36,38). The molecule has 0 saturated heterocycles. The number of thiophene rings is 1. The zero-order chi connectivity index (χ0) is 29.5. The minimum atomic E-state index is -0.652. The van der Waals surface area contributed by atoms with E-state index in [1.54, 1.807) is 31.2 Å². The topological polar surface area (TPSA) is 84.5 Å². The molecule has 2 amide bonds. The van der Waals surface area contributed by atoms with Crippen LogP contribution in [0.15, 0.2) is 83.8 Å². The van der Waals surface area contributed by atoms with Crippen LogP contribution in [0.5, 0.6) is 0 Å². The SMILES string of the molecule is CCOC(=O)c1c(NC(=O)C(Sc2cccc(NC(=O)c3ccccc3F)c2)c2ccccc2)sc2c1CCCCC2. The summed E-state index contributed by atoms with van der Waals surface area (Å²) in [5.74, 6) is -1.84. The Morgan fingerprint density at radius 1 is 0.929 bits per heavy atom. The summed E-state index contributed by atoms with van der Waals surface area (Å²) in [7, 11) is 0. The molecule has 5 rings (SSSR count). The van der Waals surface area contributed by atoms with Crippen LogP contribution in [0.3, 0.4) is 0 Å². The van der Waals surface area contributed by atoms with E-state index in [1.165, 1.54) is 41.3 Å². The number of fused-ring (bicyclic) bond motifs is 1. The van der Waals surface area contributed by atoms with Gasteiger partial charge in [0.2, 0.25) is 5.91 Å². The number of anilines is 2. The molecule has 1 aliphatic carbocycles. The van der Waals surface area contributed by atoms with Crippen molar-refractivity contribution in [2.45, 2.75) is 49.2 Å². The van der Waals surface area contributed by atoms with Crippen LogP contribution >= 0.6 is 23.1 Å². The minimum Gasteiger partial charge on any atom is -0.462 e. The molecule has 6 nitrogen and oxygen atoms in total. The number of hydrogen-bond donors (Lipinski definition) is 2. The number of rotatable bonds is 9. The second kappa shape index (κ2) is 13.8. The largest absolute Gasteiger partial charge is 0.462 e. The average Bonchev–Trinajstić information content (AvgIpc) is 3.16. The van der Waals surface area contributed by atoms with Gasteiger partial charge in [-0.05, 0) is 74.1 Å². The summed E-state index contributed by atoms with van der Waals surface area (Å²) >= 11 is 2.79. The Balaban J connectivity index is 1.41. The Labute approximate surface area is 252 Å². The van der Waals surface area contributed by atoms with Gasteiger partial charge in [0.05, 0.1) is 17.7 Å². The first kappa shape index (κ1) is 29.5. The normalized spacial score (nSPS) is 13.4. The van der Waals surface area contributed by atoms with Crippen molar-refractivity contribution in [3.05, 3.63) is 112 Å². The number of esters is 1. The van der Waals surface area contributed by atoms with Gasteiger partial charge in [-0.25, -0.2) is 9.18 Å². The summed E-state index contributed by atoms with van der Waals surface area (Å²) in [6.07, 6.45) is 4.83. The van der Waals surface area contributed by atoms with Crippen molar-refractivity contribution in [2.24, 2.45) is 0 Å². The molecule has 0 fully saturated rings. The van der Waals surface area contributed by atoms with Crippen LogP contribution in [-0.4, -0.2) is 24.4 Å². The molecule has 0 radical (unpaired) electrons. The number of ether oxygens (including phenoxy) is 1. The van der Waals surface area contributed by atoms with Crippen LogP contribution in [0.1, 0.15) is 68.2 Å². The Bertz CT molecular complexity index is 1590. The van der Waals surface area contributed by atoms with E-state index >= 15 is 0 Å². The summed E-state index contributed by atoms with van der Waals surface area (Å²) in [4.78, 5) is 41.5. The lowest BCUT2D eigenvalue weighted by molar-refractivity contribution is -0.115. The molecule has 0 saturated carbocycles. The van der Waals surface area contributed by atoms with Crippen molar-refractivity contribution in [3.8, 4) is 0 Å². The number of hydrogen-bond acceptors (Lipinski definition) is 6. The zero-order valence-corrected chi connectivity index (χ0v) is 24.8. The van der Waals surface area contributed by atoms with Gasteiger partial charge in [-0.3, -0.25) is 9.59 Å². The lowest BCUT2D eigenvalue weighted by atomic mass is 10.1. The fourth-order valence-corrected chi connectivity index (χ4v) is 7.32. The number of benzene rings is 3. The Kier molecular flexibility index (Phi) is 9.71. The van der Waals surface area contributed by atoms with Gasteiger partial charge in [-0.15, -0.1) is 23.1 Å². The van der Waals surface area contributed by atoms with E-state index in [2.05, 4.69) is 10.6 Å². The first-order valence-corrected chi connectivity index (χ1v) is 15.6. The van der Waals surface area contributed by atoms with Crippen molar-refractivity contribution in [1.29, 1.82) is 0 Å². The molecule has 1 heterocycles. The number of halogens is 1. The maximum atomic E-state index is 14.1. The number of aryl methyl sites for hydroxylation is 1. The van der Waals surface area contributed by atoms with Gasteiger partial charge in [-0.2, -0.15) is 0 Å². The third kappa shape index (κ3) is 6.91. The number of amides is 2. The summed E-state index contributed by atoms with van der Waals surface area (Å²) in [6, 6.07) is 22.3. The van der Waals surface area contributed by atoms with Gasteiger partial charge in [0, 0.05) is 15.5 Å². The summed E-state index contributed by atoms with van der Waals surface area (Å²) in [5.41, 5.74) is 2.68. The maximum Gasteiger partial charge on any atom is 0.341 e. The molecular formula is C33H31FN2O4S2. The third-order valence-electron chi connectivity index (χ3n) is 6.94. The van der Waals surface area contributed by atoms with Crippen LogP contribution in [0.4, 0.5) is 15.1 Å². The van der Waals surface area contributed by atoms with Crippen LogP contribution in [-0.2, 0) is 22.4 Å². The molecule has 4 aromatic rings. The quantitative estimate of drug-likeness (QED) is 0.115. The van der Waals surface area contributed by atoms with E-state index in [9.17, 15) is 18.8 Å². The van der Waals surface area contributed by atoms with E-state index in [0.717, 1.165) is 53.0 Å². The van der Waals surface area contributed by atoms with E-state index in [0.29, 0.717) is 16.3 Å². The monoisotopic (exact) mass is 602 g/mol. The average molecular weight is 603 g/mol. The van der Waals surface area contributed by atoms with E-state index < -0.39 is 22.9 Å². The van der Waals surface area contributed by atoms with E-state index in [1.807, 2.05) is 36.4 Å². The lowest BCUT2D eigenvalue weighted by Crippen LogP contribution is -2.20. The van der Waals surface area contributed by atoms with Gasteiger partial charge < -0.3 is 15.4 Å². The maximum absolute atomic E-state index is 14.1. The van der Waals surface area contributed by atoms with Crippen LogP contribution < -0.4 is 10.6 Å². The van der Waals surface area contributed by atoms with Gasteiger partial charge in [0.15, 0.2) is 0 Å². The highest BCUT2D eigenvalue weighted by molar-refractivity contribution is 8.00. The minimum absolute atomic E-state index is 0.0520. The van der Waals surface area contributed by atoms with Crippen molar-refractivity contribution in [2.75, 3.05) is 17.2 Å². The molecule has 1 unspecified atom stereocenters. The van der Waals surface area contributed by atoms with Gasteiger partial charge >= 0.3 is 5.97 Å². The molecule has 1 atom stereocenters. The van der Waals surface area contributed by atoms with Crippen molar-refractivity contribution >= 4 is 51.6 Å². The predicted molar refractivity (Wildman–Crippen MR) is 166 cm³/mol. The summed E-state index contributed by atoms with van der Waals surface area (Å²) in [5, 5.41) is 5.68. The molecule has 2 N–H and O–H groups in total. The highest BCUT2D eigenvalue weighted by Crippen LogP contribution is 2.41. The number of nitrogens with one attached hydrogen (secondary N) is 2. The molecular weight excluding hydrogens is 572 g/mol. The Morgan fingerprint density at radius 2 is 1.69 bits per heavy atom. The third-order valence-corrected chi connectivity index (χ3v) is 9.40. The molecule has 0 aliphatic heterocycles. The van der Waals surface area contributed by atoms with Crippen LogP contribution in [0.2, 0.25) is 0 Å². The van der Waals surface area contributed by atoms with Gasteiger partial charge in [-0.1, -0.05) is 55.0 Å². The van der Waals surface area contributed by atoms with Crippen LogP contribution in [0, 0.1) is 5.82 Å². The molecule has 1 aromatic heterocycles. The fraction of sp³-hybridized carbons (Fsp3) is 0.242. The summed E-state index contributed by atoms with van der Waals surface area (Å²) in [6.45, 7) is 2.03. The molecule has 9 heteroatoms. The number of carbonyl (C=O) groups excluding carboxylic acids is 3. The zero-order valence-electron chi connectivity index (χ0n) is 23.2.